The Morgan fingerprint density at radius 2 is 1.43 bits per heavy atom. The monoisotopic (exact) mass is 316 g/mol. The molecule has 23 heavy (non-hydrogen) atoms. The summed E-state index contributed by atoms with van der Waals surface area (Å²) in [5.41, 5.74) is 2.94. The van der Waals surface area contributed by atoms with Gasteiger partial charge < -0.3 is 5.11 Å². The van der Waals surface area contributed by atoms with Gasteiger partial charge in [-0.2, -0.15) is 0 Å². The van der Waals surface area contributed by atoms with Crippen molar-refractivity contribution in [3.8, 4) is 5.75 Å². The number of phenols is 1. The number of hydrogen-bond donors (Lipinski definition) is 1. The van der Waals surface area contributed by atoms with Crippen LogP contribution in [-0.4, -0.2) is 5.11 Å². The minimum absolute atomic E-state index is 0.303. The highest BCUT2D eigenvalue weighted by Crippen LogP contribution is 2.54. The van der Waals surface area contributed by atoms with Crippen LogP contribution in [0, 0.1) is 0 Å². The minimum atomic E-state index is -0.696. The first-order valence-corrected chi connectivity index (χ1v) is 9.15. The summed E-state index contributed by atoms with van der Waals surface area (Å²) in [4.78, 5) is 0. The standard InChI is InChI=1S/C21H17OP/c22-19-12-6-7-13-21(19)23(17-9-2-1-3-10-17)20-15-14-16-8-4-5-11-18(16)20/h1-15,20,22H. The van der Waals surface area contributed by atoms with Crippen LogP contribution in [0.2, 0.25) is 0 Å². The minimum Gasteiger partial charge on any atom is -0.507 e. The number of rotatable bonds is 3. The number of hydrogen-bond acceptors (Lipinski definition) is 1. The molecule has 0 heterocycles. The molecule has 2 atom stereocenters. The second-order valence-electron chi connectivity index (χ2n) is 5.63. The van der Waals surface area contributed by atoms with E-state index in [1.807, 2.05) is 18.2 Å². The van der Waals surface area contributed by atoms with Gasteiger partial charge in [-0.05, 0) is 30.4 Å². The maximum Gasteiger partial charge on any atom is 0.123 e. The van der Waals surface area contributed by atoms with Gasteiger partial charge in [0, 0.05) is 11.0 Å². The molecular weight excluding hydrogens is 299 g/mol. The van der Waals surface area contributed by atoms with Crippen molar-refractivity contribution in [3.05, 3.63) is 96.1 Å². The van der Waals surface area contributed by atoms with Crippen molar-refractivity contribution in [2.24, 2.45) is 0 Å². The first-order chi connectivity index (χ1) is 11.3. The molecule has 0 radical (unpaired) electrons. The maximum absolute atomic E-state index is 10.4. The van der Waals surface area contributed by atoms with Gasteiger partial charge in [-0.15, -0.1) is 0 Å². The van der Waals surface area contributed by atoms with E-state index in [0.717, 1.165) is 5.30 Å². The smallest absolute Gasteiger partial charge is 0.123 e. The molecule has 0 fully saturated rings. The third-order valence-electron chi connectivity index (χ3n) is 4.23. The molecular formula is C21H17OP. The lowest BCUT2D eigenvalue weighted by atomic mass is 10.1. The fourth-order valence-corrected chi connectivity index (χ4v) is 5.89. The van der Waals surface area contributed by atoms with Crippen molar-refractivity contribution in [1.29, 1.82) is 0 Å². The zero-order valence-corrected chi connectivity index (χ0v) is 13.5. The van der Waals surface area contributed by atoms with E-state index in [2.05, 4.69) is 66.7 Å². The Morgan fingerprint density at radius 3 is 2.26 bits per heavy atom. The van der Waals surface area contributed by atoms with Crippen LogP contribution in [-0.2, 0) is 0 Å². The molecule has 0 aromatic heterocycles. The molecule has 0 aliphatic heterocycles. The fraction of sp³-hybridized carbons (Fsp3) is 0.0476. The van der Waals surface area contributed by atoms with Gasteiger partial charge in [0.05, 0.1) is 0 Å². The second-order valence-corrected chi connectivity index (χ2v) is 7.92. The van der Waals surface area contributed by atoms with Crippen LogP contribution in [0.4, 0.5) is 0 Å². The molecule has 1 N–H and O–H groups in total. The SMILES string of the molecule is Oc1ccccc1P(c1ccccc1)C1C=Cc2ccccc21. The van der Waals surface area contributed by atoms with E-state index in [0.29, 0.717) is 11.4 Å². The van der Waals surface area contributed by atoms with E-state index in [1.165, 1.54) is 16.4 Å². The topological polar surface area (TPSA) is 20.2 Å². The Bertz CT molecular complexity index is 854. The fourth-order valence-electron chi connectivity index (χ4n) is 3.16. The van der Waals surface area contributed by atoms with Gasteiger partial charge in [-0.1, -0.05) is 84.9 Å². The highest BCUT2D eigenvalue weighted by molar-refractivity contribution is 7.73. The van der Waals surface area contributed by atoms with Crippen molar-refractivity contribution in [1.82, 2.24) is 0 Å². The van der Waals surface area contributed by atoms with Crippen LogP contribution < -0.4 is 10.6 Å². The van der Waals surface area contributed by atoms with Crippen molar-refractivity contribution in [2.75, 3.05) is 0 Å². The third kappa shape index (κ3) is 2.58. The van der Waals surface area contributed by atoms with E-state index in [4.69, 9.17) is 0 Å². The van der Waals surface area contributed by atoms with Gasteiger partial charge in [0.1, 0.15) is 5.75 Å². The van der Waals surface area contributed by atoms with Crippen molar-refractivity contribution in [2.45, 2.75) is 5.66 Å². The number of benzene rings is 3. The number of para-hydroxylation sites is 1. The van der Waals surface area contributed by atoms with Gasteiger partial charge >= 0.3 is 0 Å². The lowest BCUT2D eigenvalue weighted by Gasteiger charge is -2.26. The Hall–Kier alpha value is -2.37. The predicted molar refractivity (Wildman–Crippen MR) is 99.0 cm³/mol. The summed E-state index contributed by atoms with van der Waals surface area (Å²) in [6, 6.07) is 26.8. The average molecular weight is 316 g/mol. The molecule has 1 aliphatic rings. The van der Waals surface area contributed by atoms with Gasteiger partial charge in [0.2, 0.25) is 0 Å². The highest BCUT2D eigenvalue weighted by atomic mass is 31.1. The number of allylic oxidation sites excluding steroid dienone is 1. The van der Waals surface area contributed by atoms with Crippen LogP contribution in [0.5, 0.6) is 5.75 Å². The Labute approximate surface area is 137 Å². The molecule has 112 valence electrons. The van der Waals surface area contributed by atoms with Gasteiger partial charge in [-0.3, -0.25) is 0 Å². The molecule has 2 unspecified atom stereocenters. The molecule has 2 heteroatoms. The Balaban J connectivity index is 1.88. The summed E-state index contributed by atoms with van der Waals surface area (Å²) in [5, 5.41) is 12.8. The van der Waals surface area contributed by atoms with Crippen molar-refractivity contribution in [3.63, 3.8) is 0 Å². The lowest BCUT2D eigenvalue weighted by Crippen LogP contribution is -2.16. The summed E-state index contributed by atoms with van der Waals surface area (Å²) in [7, 11) is -0.696. The molecule has 0 saturated heterocycles. The second kappa shape index (κ2) is 6.02. The van der Waals surface area contributed by atoms with E-state index in [9.17, 15) is 5.11 Å². The van der Waals surface area contributed by atoms with E-state index < -0.39 is 7.92 Å². The van der Waals surface area contributed by atoms with Crippen molar-refractivity contribution < 1.29 is 5.11 Å². The average Bonchev–Trinajstić information content (AvgIpc) is 3.02. The molecule has 1 aliphatic carbocycles. The molecule has 0 saturated carbocycles. The molecule has 3 aromatic carbocycles. The molecule has 3 aromatic rings. The van der Waals surface area contributed by atoms with Crippen molar-refractivity contribution >= 4 is 24.6 Å². The zero-order valence-electron chi connectivity index (χ0n) is 12.6. The number of fused-ring (bicyclic) bond motifs is 1. The summed E-state index contributed by atoms with van der Waals surface area (Å²) in [6.45, 7) is 0. The maximum atomic E-state index is 10.4. The summed E-state index contributed by atoms with van der Waals surface area (Å²) >= 11 is 0. The molecule has 0 spiro atoms. The van der Waals surface area contributed by atoms with E-state index in [1.54, 1.807) is 6.07 Å². The van der Waals surface area contributed by atoms with E-state index in [-0.39, 0.29) is 0 Å². The largest absolute Gasteiger partial charge is 0.507 e. The summed E-state index contributed by atoms with van der Waals surface area (Å²) in [5.74, 6) is 0.389. The van der Waals surface area contributed by atoms with Gasteiger partial charge in [0.15, 0.2) is 0 Å². The molecule has 0 bridgehead atoms. The van der Waals surface area contributed by atoms with Gasteiger partial charge in [-0.25, -0.2) is 0 Å². The normalized spacial score (nSPS) is 17.0. The first kappa shape index (κ1) is 14.2. The van der Waals surface area contributed by atoms with Crippen LogP contribution in [0.15, 0.2) is 84.9 Å². The number of aromatic hydroxyl groups is 1. The van der Waals surface area contributed by atoms with Crippen LogP contribution in [0.3, 0.4) is 0 Å². The number of phenolic OH excluding ortho intramolecular Hbond substituents is 1. The summed E-state index contributed by atoms with van der Waals surface area (Å²) in [6.07, 6.45) is 4.49. The summed E-state index contributed by atoms with van der Waals surface area (Å²) < 4.78 is 0. The van der Waals surface area contributed by atoms with Crippen LogP contribution >= 0.6 is 7.92 Å². The van der Waals surface area contributed by atoms with Crippen LogP contribution in [0.1, 0.15) is 16.8 Å². The Morgan fingerprint density at radius 1 is 0.739 bits per heavy atom. The highest BCUT2D eigenvalue weighted by Gasteiger charge is 2.29. The quantitative estimate of drug-likeness (QED) is 0.701. The van der Waals surface area contributed by atoms with Crippen LogP contribution in [0.25, 0.3) is 6.08 Å². The first-order valence-electron chi connectivity index (χ1n) is 7.74. The zero-order chi connectivity index (χ0) is 15.6. The van der Waals surface area contributed by atoms with Gasteiger partial charge in [0.25, 0.3) is 0 Å². The molecule has 0 amide bonds. The predicted octanol–water partition coefficient (Wildman–Crippen LogP) is 4.59. The molecule has 1 nitrogen and oxygen atoms in total. The Kier molecular flexibility index (Phi) is 3.73. The molecule has 4 rings (SSSR count). The lowest BCUT2D eigenvalue weighted by molar-refractivity contribution is 0.479. The third-order valence-corrected chi connectivity index (χ3v) is 6.98. The van der Waals surface area contributed by atoms with E-state index >= 15 is 0 Å².